The molecule has 0 atom stereocenters. The molecule has 3 rings (SSSR count). The highest BCUT2D eigenvalue weighted by atomic mass is 79.9. The molecule has 1 heterocycles. The van der Waals surface area contributed by atoms with Gasteiger partial charge in [0.05, 0.1) is 23.6 Å². The van der Waals surface area contributed by atoms with Crippen LogP contribution in [0.5, 0.6) is 0 Å². The first-order valence-corrected chi connectivity index (χ1v) is 8.90. The maximum atomic E-state index is 12.5. The van der Waals surface area contributed by atoms with Crippen molar-refractivity contribution in [1.29, 1.82) is 0 Å². The lowest BCUT2D eigenvalue weighted by molar-refractivity contribution is 0.102. The van der Waals surface area contributed by atoms with Crippen LogP contribution in [0, 0.1) is 20.8 Å². The number of carbonyl (C=O) groups excluding carboxylic acids is 1. The lowest BCUT2D eigenvalue weighted by Gasteiger charge is -2.08. The van der Waals surface area contributed by atoms with Crippen molar-refractivity contribution in [3.63, 3.8) is 0 Å². The summed E-state index contributed by atoms with van der Waals surface area (Å²) in [6.07, 6.45) is 0. The van der Waals surface area contributed by atoms with Crippen LogP contribution < -0.4 is 5.32 Å². The zero-order chi connectivity index (χ0) is 18.0. The lowest BCUT2D eigenvalue weighted by Crippen LogP contribution is -2.13. The molecule has 1 aromatic heterocycles. The van der Waals surface area contributed by atoms with Crippen molar-refractivity contribution in [2.24, 2.45) is 0 Å². The summed E-state index contributed by atoms with van der Waals surface area (Å²) in [5, 5.41) is 7.59. The largest absolute Gasteiger partial charge is 0.319 e. The molecule has 2 aromatic carbocycles. The third-order valence-electron chi connectivity index (χ3n) is 4.12. The molecule has 0 aliphatic heterocycles. The Balaban J connectivity index is 1.83. The molecule has 0 saturated carbocycles. The predicted molar refractivity (Wildman–Crippen MR) is 104 cm³/mol. The molecule has 3 aromatic rings. The minimum atomic E-state index is -0.136. The number of nitrogens with zero attached hydrogens (tertiary/aromatic N) is 2. The summed E-state index contributed by atoms with van der Waals surface area (Å²) in [6.45, 7) is 6.65. The zero-order valence-electron chi connectivity index (χ0n) is 14.5. The Morgan fingerprint density at radius 1 is 1.12 bits per heavy atom. The number of benzene rings is 2. The second-order valence-corrected chi connectivity index (χ2v) is 7.07. The minimum absolute atomic E-state index is 0.136. The van der Waals surface area contributed by atoms with E-state index in [1.807, 2.05) is 36.7 Å². The van der Waals surface area contributed by atoms with Gasteiger partial charge < -0.3 is 5.32 Å². The second-order valence-electron chi connectivity index (χ2n) is 6.16. The van der Waals surface area contributed by atoms with Crippen LogP contribution in [-0.2, 0) is 6.54 Å². The van der Waals surface area contributed by atoms with Gasteiger partial charge in [0.2, 0.25) is 0 Å². The van der Waals surface area contributed by atoms with Crippen LogP contribution in [0.15, 0.2) is 53.0 Å². The van der Waals surface area contributed by atoms with Gasteiger partial charge in [-0.25, -0.2) is 0 Å². The Morgan fingerprint density at radius 3 is 2.60 bits per heavy atom. The third kappa shape index (κ3) is 3.99. The van der Waals surface area contributed by atoms with Gasteiger partial charge in [-0.2, -0.15) is 5.10 Å². The van der Waals surface area contributed by atoms with Crippen LogP contribution >= 0.6 is 15.9 Å². The quantitative estimate of drug-likeness (QED) is 0.682. The van der Waals surface area contributed by atoms with Crippen molar-refractivity contribution in [2.75, 3.05) is 5.32 Å². The molecule has 0 aliphatic rings. The Bertz CT molecular complexity index is 930. The Morgan fingerprint density at radius 2 is 1.88 bits per heavy atom. The minimum Gasteiger partial charge on any atom is -0.319 e. The molecule has 25 heavy (non-hydrogen) atoms. The summed E-state index contributed by atoms with van der Waals surface area (Å²) in [6, 6.07) is 15.7. The Labute approximate surface area is 156 Å². The van der Waals surface area contributed by atoms with Gasteiger partial charge in [0.15, 0.2) is 0 Å². The standard InChI is InChI=1S/C20H20BrN3O/c1-13-6-4-7-16(10-13)12-24-15(3)19(14(2)23-24)22-20(25)17-8-5-9-18(21)11-17/h4-11H,12H2,1-3H3,(H,22,25). The number of aryl methyl sites for hydroxylation is 2. The van der Waals surface area contributed by atoms with Crippen LogP contribution in [0.2, 0.25) is 0 Å². The molecule has 1 amide bonds. The summed E-state index contributed by atoms with van der Waals surface area (Å²) >= 11 is 3.40. The van der Waals surface area contributed by atoms with E-state index in [2.05, 4.69) is 51.5 Å². The second kappa shape index (κ2) is 7.23. The summed E-state index contributed by atoms with van der Waals surface area (Å²) in [4.78, 5) is 12.5. The van der Waals surface area contributed by atoms with Crippen LogP contribution in [-0.4, -0.2) is 15.7 Å². The molecule has 0 fully saturated rings. The van der Waals surface area contributed by atoms with Crippen LogP contribution in [0.3, 0.4) is 0 Å². The third-order valence-corrected chi connectivity index (χ3v) is 4.61. The maximum Gasteiger partial charge on any atom is 0.255 e. The van der Waals surface area contributed by atoms with E-state index in [-0.39, 0.29) is 5.91 Å². The Kier molecular flexibility index (Phi) is 5.04. The Hall–Kier alpha value is -2.40. The van der Waals surface area contributed by atoms with Crippen molar-refractivity contribution in [3.05, 3.63) is 81.1 Å². The van der Waals surface area contributed by atoms with Gasteiger partial charge in [-0.3, -0.25) is 9.48 Å². The lowest BCUT2D eigenvalue weighted by atomic mass is 10.1. The van der Waals surface area contributed by atoms with Crippen LogP contribution in [0.4, 0.5) is 5.69 Å². The molecular weight excluding hydrogens is 378 g/mol. The van der Waals surface area contributed by atoms with Gasteiger partial charge in [-0.1, -0.05) is 51.8 Å². The number of rotatable bonds is 4. The molecule has 0 saturated heterocycles. The molecule has 5 heteroatoms. The number of hydrogen-bond acceptors (Lipinski definition) is 2. The van der Waals surface area contributed by atoms with E-state index in [4.69, 9.17) is 0 Å². The van der Waals surface area contributed by atoms with Gasteiger partial charge in [0, 0.05) is 10.0 Å². The fourth-order valence-corrected chi connectivity index (χ4v) is 3.23. The van der Waals surface area contributed by atoms with Crippen LogP contribution in [0.25, 0.3) is 0 Å². The molecule has 0 bridgehead atoms. The van der Waals surface area contributed by atoms with E-state index in [1.165, 1.54) is 11.1 Å². The van der Waals surface area contributed by atoms with Gasteiger partial charge in [0.1, 0.15) is 0 Å². The molecule has 4 nitrogen and oxygen atoms in total. The van der Waals surface area contributed by atoms with Gasteiger partial charge in [-0.15, -0.1) is 0 Å². The van der Waals surface area contributed by atoms with E-state index in [0.717, 1.165) is 21.5 Å². The molecule has 1 N–H and O–H groups in total. The maximum absolute atomic E-state index is 12.5. The summed E-state index contributed by atoms with van der Waals surface area (Å²) in [7, 11) is 0. The first-order chi connectivity index (χ1) is 11.9. The molecule has 0 radical (unpaired) electrons. The molecule has 0 unspecified atom stereocenters. The normalized spacial score (nSPS) is 10.7. The molecule has 0 aliphatic carbocycles. The summed E-state index contributed by atoms with van der Waals surface area (Å²) in [5.41, 5.74) is 5.56. The van der Waals surface area contributed by atoms with Gasteiger partial charge >= 0.3 is 0 Å². The first-order valence-electron chi connectivity index (χ1n) is 8.10. The number of carbonyl (C=O) groups is 1. The monoisotopic (exact) mass is 397 g/mol. The number of hydrogen-bond donors (Lipinski definition) is 1. The first kappa shape index (κ1) is 17.4. The average Bonchev–Trinajstić information content (AvgIpc) is 2.82. The van der Waals surface area contributed by atoms with E-state index < -0.39 is 0 Å². The van der Waals surface area contributed by atoms with E-state index in [1.54, 1.807) is 12.1 Å². The highest BCUT2D eigenvalue weighted by molar-refractivity contribution is 9.10. The molecule has 0 spiro atoms. The zero-order valence-corrected chi connectivity index (χ0v) is 16.1. The molecule has 128 valence electrons. The van der Waals surface area contributed by atoms with Crippen molar-refractivity contribution in [2.45, 2.75) is 27.3 Å². The fraction of sp³-hybridized carbons (Fsp3) is 0.200. The number of anilines is 1. The number of halogens is 1. The molecular formula is C20H20BrN3O. The smallest absolute Gasteiger partial charge is 0.255 e. The van der Waals surface area contributed by atoms with Crippen molar-refractivity contribution >= 4 is 27.5 Å². The van der Waals surface area contributed by atoms with Crippen molar-refractivity contribution in [3.8, 4) is 0 Å². The van der Waals surface area contributed by atoms with Crippen molar-refractivity contribution < 1.29 is 4.79 Å². The highest BCUT2D eigenvalue weighted by Gasteiger charge is 2.15. The van der Waals surface area contributed by atoms with E-state index >= 15 is 0 Å². The predicted octanol–water partition coefficient (Wildman–Crippen LogP) is 4.87. The number of amides is 1. The number of aromatic nitrogens is 2. The summed E-state index contributed by atoms with van der Waals surface area (Å²) < 4.78 is 2.81. The fourth-order valence-electron chi connectivity index (χ4n) is 2.83. The van der Waals surface area contributed by atoms with E-state index in [9.17, 15) is 4.79 Å². The SMILES string of the molecule is Cc1cccc(Cn2nc(C)c(NC(=O)c3cccc(Br)c3)c2C)c1. The average molecular weight is 398 g/mol. The topological polar surface area (TPSA) is 46.9 Å². The highest BCUT2D eigenvalue weighted by Crippen LogP contribution is 2.22. The van der Waals surface area contributed by atoms with Crippen LogP contribution in [0.1, 0.15) is 32.9 Å². The number of nitrogens with one attached hydrogen (secondary N) is 1. The van der Waals surface area contributed by atoms with Crippen molar-refractivity contribution in [1.82, 2.24) is 9.78 Å². The van der Waals surface area contributed by atoms with Gasteiger partial charge in [0.25, 0.3) is 5.91 Å². The summed E-state index contributed by atoms with van der Waals surface area (Å²) in [5.74, 6) is -0.136. The van der Waals surface area contributed by atoms with E-state index in [0.29, 0.717) is 12.1 Å². The van der Waals surface area contributed by atoms with Gasteiger partial charge in [-0.05, 0) is 44.5 Å².